The summed E-state index contributed by atoms with van der Waals surface area (Å²) in [6.45, 7) is 4.24. The van der Waals surface area contributed by atoms with Crippen LogP contribution in [0, 0.1) is 0 Å². The molecule has 1 rings (SSSR count). The van der Waals surface area contributed by atoms with E-state index < -0.39 is 0 Å². The standard InChI is InChI=1S/C15H22O/c1-3-5-13-7-9-14(10-8-13)11-12-15(16)6-4-2/h7-10H,3-6,11-12H2,1-2H3. The summed E-state index contributed by atoms with van der Waals surface area (Å²) in [6, 6.07) is 8.68. The summed E-state index contributed by atoms with van der Waals surface area (Å²) in [4.78, 5) is 11.4. The molecule has 0 N–H and O–H groups in total. The van der Waals surface area contributed by atoms with Crippen molar-refractivity contribution >= 4 is 5.78 Å². The highest BCUT2D eigenvalue weighted by atomic mass is 16.1. The largest absolute Gasteiger partial charge is 0.300 e. The molecule has 0 saturated carbocycles. The van der Waals surface area contributed by atoms with E-state index >= 15 is 0 Å². The Labute approximate surface area is 98.9 Å². The molecule has 1 aromatic carbocycles. The van der Waals surface area contributed by atoms with Gasteiger partial charge in [0.1, 0.15) is 5.78 Å². The Morgan fingerprint density at radius 1 is 0.875 bits per heavy atom. The highest BCUT2D eigenvalue weighted by Gasteiger charge is 2.01. The molecule has 0 spiro atoms. The highest BCUT2D eigenvalue weighted by Crippen LogP contribution is 2.09. The fourth-order valence-corrected chi connectivity index (χ4v) is 1.85. The van der Waals surface area contributed by atoms with E-state index in [4.69, 9.17) is 0 Å². The van der Waals surface area contributed by atoms with Gasteiger partial charge in [0.05, 0.1) is 0 Å². The van der Waals surface area contributed by atoms with Gasteiger partial charge in [0.2, 0.25) is 0 Å². The minimum absolute atomic E-state index is 0.389. The molecule has 0 aromatic heterocycles. The molecular weight excluding hydrogens is 196 g/mol. The third-order valence-corrected chi connectivity index (χ3v) is 2.78. The van der Waals surface area contributed by atoms with E-state index in [9.17, 15) is 4.79 Å². The Morgan fingerprint density at radius 3 is 1.94 bits per heavy atom. The summed E-state index contributed by atoms with van der Waals surface area (Å²) in [5.41, 5.74) is 2.68. The normalized spacial score (nSPS) is 10.4. The van der Waals surface area contributed by atoms with Gasteiger partial charge < -0.3 is 0 Å². The molecule has 1 heteroatoms. The first-order valence-electron chi connectivity index (χ1n) is 6.35. The summed E-state index contributed by atoms with van der Waals surface area (Å²) < 4.78 is 0. The van der Waals surface area contributed by atoms with Crippen molar-refractivity contribution in [1.82, 2.24) is 0 Å². The molecule has 0 amide bonds. The van der Waals surface area contributed by atoms with Crippen molar-refractivity contribution < 1.29 is 4.79 Å². The number of hydrogen-bond donors (Lipinski definition) is 0. The van der Waals surface area contributed by atoms with Gasteiger partial charge >= 0.3 is 0 Å². The van der Waals surface area contributed by atoms with Crippen molar-refractivity contribution in [2.45, 2.75) is 52.4 Å². The molecule has 88 valence electrons. The molecule has 1 aromatic rings. The summed E-state index contributed by atoms with van der Waals surface area (Å²) in [6.07, 6.45) is 5.62. The second-order valence-corrected chi connectivity index (χ2v) is 4.36. The zero-order valence-electron chi connectivity index (χ0n) is 10.5. The third-order valence-electron chi connectivity index (χ3n) is 2.78. The Morgan fingerprint density at radius 2 is 1.44 bits per heavy atom. The molecule has 0 aliphatic heterocycles. The number of rotatable bonds is 7. The monoisotopic (exact) mass is 218 g/mol. The number of benzene rings is 1. The van der Waals surface area contributed by atoms with Crippen molar-refractivity contribution in [2.24, 2.45) is 0 Å². The predicted octanol–water partition coefficient (Wildman–Crippen LogP) is 3.94. The number of aryl methyl sites for hydroxylation is 2. The summed E-state index contributed by atoms with van der Waals surface area (Å²) >= 11 is 0. The van der Waals surface area contributed by atoms with E-state index in [1.165, 1.54) is 17.5 Å². The maximum Gasteiger partial charge on any atom is 0.133 e. The van der Waals surface area contributed by atoms with Crippen LogP contribution in [0.3, 0.4) is 0 Å². The Hall–Kier alpha value is -1.11. The van der Waals surface area contributed by atoms with Gasteiger partial charge in [-0.05, 0) is 30.4 Å². The highest BCUT2D eigenvalue weighted by molar-refractivity contribution is 5.78. The molecule has 0 aliphatic rings. The first-order valence-corrected chi connectivity index (χ1v) is 6.35. The Bertz CT molecular complexity index is 311. The van der Waals surface area contributed by atoms with Gasteiger partial charge in [0.15, 0.2) is 0 Å². The van der Waals surface area contributed by atoms with Crippen molar-refractivity contribution in [3.05, 3.63) is 35.4 Å². The fraction of sp³-hybridized carbons (Fsp3) is 0.533. The van der Waals surface area contributed by atoms with Crippen molar-refractivity contribution in [3.63, 3.8) is 0 Å². The second kappa shape index (κ2) is 7.21. The molecule has 0 radical (unpaired) electrons. The average Bonchev–Trinajstić information content (AvgIpc) is 2.29. The maximum absolute atomic E-state index is 11.4. The average molecular weight is 218 g/mol. The van der Waals surface area contributed by atoms with Crippen LogP contribution in [-0.2, 0) is 17.6 Å². The molecule has 0 bridgehead atoms. The van der Waals surface area contributed by atoms with E-state index in [1.54, 1.807) is 0 Å². The lowest BCUT2D eigenvalue weighted by Gasteiger charge is -2.03. The number of Topliss-reactive ketones (excluding diaryl/α,β-unsaturated/α-hetero) is 1. The lowest BCUT2D eigenvalue weighted by Crippen LogP contribution is -1.99. The van der Waals surface area contributed by atoms with Gasteiger partial charge in [-0.15, -0.1) is 0 Å². The molecular formula is C15H22O. The molecule has 0 fully saturated rings. The molecule has 0 aliphatic carbocycles. The maximum atomic E-state index is 11.4. The zero-order chi connectivity index (χ0) is 11.8. The Kier molecular flexibility index (Phi) is 5.84. The summed E-state index contributed by atoms with van der Waals surface area (Å²) in [5.74, 6) is 0.389. The molecule has 1 nitrogen and oxygen atoms in total. The van der Waals surface area contributed by atoms with Gasteiger partial charge in [-0.3, -0.25) is 4.79 Å². The molecule has 0 unspecified atom stereocenters. The number of ketones is 1. The van der Waals surface area contributed by atoms with Crippen molar-refractivity contribution in [3.8, 4) is 0 Å². The minimum atomic E-state index is 0.389. The molecule has 0 heterocycles. The quantitative estimate of drug-likeness (QED) is 0.677. The topological polar surface area (TPSA) is 17.1 Å². The molecule has 0 saturated heterocycles. The van der Waals surface area contributed by atoms with Gasteiger partial charge in [-0.2, -0.15) is 0 Å². The van der Waals surface area contributed by atoms with Crippen LogP contribution in [0.1, 0.15) is 50.7 Å². The number of carbonyl (C=O) groups excluding carboxylic acids is 1. The summed E-state index contributed by atoms with van der Waals surface area (Å²) in [7, 11) is 0. The molecule has 16 heavy (non-hydrogen) atoms. The van der Waals surface area contributed by atoms with Crippen LogP contribution in [0.25, 0.3) is 0 Å². The van der Waals surface area contributed by atoms with Crippen LogP contribution in [0.5, 0.6) is 0 Å². The van der Waals surface area contributed by atoms with Gasteiger partial charge in [-0.1, -0.05) is 44.5 Å². The third kappa shape index (κ3) is 4.61. The van der Waals surface area contributed by atoms with Crippen LogP contribution < -0.4 is 0 Å². The van der Waals surface area contributed by atoms with Crippen LogP contribution >= 0.6 is 0 Å². The lowest BCUT2D eigenvalue weighted by molar-refractivity contribution is -0.119. The zero-order valence-corrected chi connectivity index (χ0v) is 10.5. The van der Waals surface area contributed by atoms with E-state index in [1.807, 2.05) is 0 Å². The van der Waals surface area contributed by atoms with Crippen molar-refractivity contribution in [1.29, 1.82) is 0 Å². The predicted molar refractivity (Wildman–Crippen MR) is 68.7 cm³/mol. The van der Waals surface area contributed by atoms with Crippen LogP contribution in [0.4, 0.5) is 0 Å². The summed E-state index contributed by atoms with van der Waals surface area (Å²) in [5, 5.41) is 0. The number of hydrogen-bond acceptors (Lipinski definition) is 1. The first-order chi connectivity index (χ1) is 7.76. The van der Waals surface area contributed by atoms with Crippen LogP contribution in [-0.4, -0.2) is 5.78 Å². The SMILES string of the molecule is CCCC(=O)CCc1ccc(CCC)cc1. The van der Waals surface area contributed by atoms with Gasteiger partial charge in [0, 0.05) is 12.8 Å². The van der Waals surface area contributed by atoms with Gasteiger partial charge in [0.25, 0.3) is 0 Å². The van der Waals surface area contributed by atoms with E-state index in [0.29, 0.717) is 12.2 Å². The first kappa shape index (κ1) is 13.0. The van der Waals surface area contributed by atoms with Gasteiger partial charge in [-0.25, -0.2) is 0 Å². The van der Waals surface area contributed by atoms with E-state index in [-0.39, 0.29) is 0 Å². The lowest BCUT2D eigenvalue weighted by atomic mass is 10.0. The second-order valence-electron chi connectivity index (χ2n) is 4.36. The fourth-order valence-electron chi connectivity index (χ4n) is 1.85. The number of carbonyl (C=O) groups is 1. The molecule has 0 atom stereocenters. The smallest absolute Gasteiger partial charge is 0.133 e. The van der Waals surface area contributed by atoms with E-state index in [2.05, 4.69) is 38.1 Å². The van der Waals surface area contributed by atoms with E-state index in [0.717, 1.165) is 25.7 Å². The van der Waals surface area contributed by atoms with Crippen LogP contribution in [0.15, 0.2) is 24.3 Å². The van der Waals surface area contributed by atoms with Crippen LogP contribution in [0.2, 0.25) is 0 Å². The van der Waals surface area contributed by atoms with Crippen molar-refractivity contribution in [2.75, 3.05) is 0 Å². The Balaban J connectivity index is 2.40. The minimum Gasteiger partial charge on any atom is -0.300 e.